The molecule has 0 spiro atoms. The molecule has 110 valence electrons. The highest BCUT2D eigenvalue weighted by Crippen LogP contribution is 2.23. The first-order chi connectivity index (χ1) is 10.1. The third-order valence-electron chi connectivity index (χ3n) is 3.86. The van der Waals surface area contributed by atoms with Gasteiger partial charge in [0.2, 0.25) is 5.91 Å². The number of nitrogens with zero attached hydrogens (tertiary/aromatic N) is 2. The van der Waals surface area contributed by atoms with Gasteiger partial charge in [0.1, 0.15) is 5.01 Å². The van der Waals surface area contributed by atoms with E-state index in [0.717, 1.165) is 28.3 Å². The first-order valence-electron chi connectivity index (χ1n) is 7.44. The number of rotatable bonds is 2. The summed E-state index contributed by atoms with van der Waals surface area (Å²) in [5, 5.41) is 0.891. The van der Waals surface area contributed by atoms with E-state index in [1.54, 1.807) is 17.4 Å². The molecule has 0 aliphatic carbocycles. The standard InChI is InChI=1S/C17H20N2OS/c1-12-9-13(2)11-19(10-12)17(20)8-7-16-18-14-5-3-4-6-15(14)21-16/h3-8,12-13H,9-11H2,1-2H3/b8-7+. The number of hydrogen-bond donors (Lipinski definition) is 0. The van der Waals surface area contributed by atoms with Gasteiger partial charge in [-0.25, -0.2) is 4.98 Å². The van der Waals surface area contributed by atoms with Crippen molar-refractivity contribution in [2.75, 3.05) is 13.1 Å². The van der Waals surface area contributed by atoms with Crippen LogP contribution in [0.2, 0.25) is 0 Å². The highest BCUT2D eigenvalue weighted by molar-refractivity contribution is 7.19. The maximum atomic E-state index is 12.3. The summed E-state index contributed by atoms with van der Waals surface area (Å²) in [6.07, 6.45) is 4.73. The fourth-order valence-corrected chi connectivity index (χ4v) is 3.92. The number of carbonyl (C=O) groups is 1. The van der Waals surface area contributed by atoms with Gasteiger partial charge in [0.25, 0.3) is 0 Å². The fraction of sp³-hybridized carbons (Fsp3) is 0.412. The number of piperidine rings is 1. The summed E-state index contributed by atoms with van der Waals surface area (Å²) >= 11 is 1.62. The van der Waals surface area contributed by atoms with Gasteiger partial charge >= 0.3 is 0 Å². The normalized spacial score (nSPS) is 23.0. The lowest BCUT2D eigenvalue weighted by atomic mass is 9.92. The summed E-state index contributed by atoms with van der Waals surface area (Å²) in [5.74, 6) is 1.29. The van der Waals surface area contributed by atoms with E-state index in [2.05, 4.69) is 24.9 Å². The van der Waals surface area contributed by atoms with Crippen LogP contribution in [0.15, 0.2) is 30.3 Å². The van der Waals surface area contributed by atoms with Gasteiger partial charge in [0, 0.05) is 19.2 Å². The molecule has 21 heavy (non-hydrogen) atoms. The quantitative estimate of drug-likeness (QED) is 0.790. The number of amides is 1. The van der Waals surface area contributed by atoms with E-state index in [1.165, 1.54) is 6.42 Å². The van der Waals surface area contributed by atoms with Crippen LogP contribution >= 0.6 is 11.3 Å². The van der Waals surface area contributed by atoms with Crippen molar-refractivity contribution in [1.29, 1.82) is 0 Å². The predicted molar refractivity (Wildman–Crippen MR) is 88.2 cm³/mol. The van der Waals surface area contributed by atoms with Crippen molar-refractivity contribution in [3.63, 3.8) is 0 Å². The Morgan fingerprint density at radius 1 is 1.29 bits per heavy atom. The number of benzene rings is 1. The van der Waals surface area contributed by atoms with Gasteiger partial charge in [-0.15, -0.1) is 11.3 Å². The molecule has 1 aliphatic rings. The van der Waals surface area contributed by atoms with E-state index in [0.29, 0.717) is 11.8 Å². The van der Waals surface area contributed by atoms with Crippen molar-refractivity contribution in [2.24, 2.45) is 11.8 Å². The van der Waals surface area contributed by atoms with E-state index in [9.17, 15) is 4.79 Å². The zero-order valence-corrected chi connectivity index (χ0v) is 13.3. The summed E-state index contributed by atoms with van der Waals surface area (Å²) in [7, 11) is 0. The Hall–Kier alpha value is -1.68. The van der Waals surface area contributed by atoms with E-state index in [1.807, 2.05) is 29.2 Å². The molecule has 1 amide bonds. The average molecular weight is 300 g/mol. The second-order valence-electron chi connectivity index (χ2n) is 6.04. The van der Waals surface area contributed by atoms with Crippen molar-refractivity contribution < 1.29 is 4.79 Å². The molecule has 2 unspecified atom stereocenters. The number of fused-ring (bicyclic) bond motifs is 1. The molecule has 1 aromatic carbocycles. The van der Waals surface area contributed by atoms with Crippen molar-refractivity contribution in [3.8, 4) is 0 Å². The van der Waals surface area contributed by atoms with Crippen LogP contribution in [0.25, 0.3) is 16.3 Å². The minimum Gasteiger partial charge on any atom is -0.339 e. The van der Waals surface area contributed by atoms with Gasteiger partial charge in [-0.2, -0.15) is 0 Å². The third-order valence-corrected chi connectivity index (χ3v) is 4.86. The average Bonchev–Trinajstić information content (AvgIpc) is 2.86. The van der Waals surface area contributed by atoms with Crippen LogP contribution < -0.4 is 0 Å². The Balaban J connectivity index is 1.71. The van der Waals surface area contributed by atoms with Crippen molar-refractivity contribution in [1.82, 2.24) is 9.88 Å². The zero-order chi connectivity index (χ0) is 14.8. The first kappa shape index (κ1) is 14.3. The highest BCUT2D eigenvalue weighted by atomic mass is 32.1. The Morgan fingerprint density at radius 3 is 2.71 bits per heavy atom. The van der Waals surface area contributed by atoms with E-state index < -0.39 is 0 Å². The minimum absolute atomic E-state index is 0.104. The molecule has 2 atom stereocenters. The van der Waals surface area contributed by atoms with E-state index in [4.69, 9.17) is 0 Å². The maximum absolute atomic E-state index is 12.3. The molecule has 3 nitrogen and oxygen atoms in total. The lowest BCUT2D eigenvalue weighted by molar-refractivity contribution is -0.128. The molecule has 3 rings (SSSR count). The molecule has 0 bridgehead atoms. The molecule has 4 heteroatoms. The van der Waals surface area contributed by atoms with Gasteiger partial charge in [-0.3, -0.25) is 4.79 Å². The Bertz CT molecular complexity index is 633. The van der Waals surface area contributed by atoms with Crippen molar-refractivity contribution in [2.45, 2.75) is 20.3 Å². The number of thiazole rings is 1. The summed E-state index contributed by atoms with van der Waals surface area (Å²) in [5.41, 5.74) is 0.995. The summed E-state index contributed by atoms with van der Waals surface area (Å²) in [6, 6.07) is 8.05. The van der Waals surface area contributed by atoms with Crippen LogP contribution in [0.4, 0.5) is 0 Å². The lowest BCUT2D eigenvalue weighted by Crippen LogP contribution is -2.41. The summed E-state index contributed by atoms with van der Waals surface area (Å²) in [6.45, 7) is 6.17. The molecule has 2 aromatic rings. The van der Waals surface area contributed by atoms with Gasteiger partial charge < -0.3 is 4.90 Å². The fourth-order valence-electron chi connectivity index (χ4n) is 3.05. The van der Waals surface area contributed by atoms with Gasteiger partial charge in [0.05, 0.1) is 10.2 Å². The van der Waals surface area contributed by atoms with Crippen molar-refractivity contribution >= 4 is 33.5 Å². The first-order valence-corrected chi connectivity index (χ1v) is 8.26. The van der Waals surface area contributed by atoms with Crippen LogP contribution in [-0.4, -0.2) is 28.9 Å². The molecule has 1 saturated heterocycles. The Kier molecular flexibility index (Phi) is 4.06. The second-order valence-corrected chi connectivity index (χ2v) is 7.10. The Morgan fingerprint density at radius 2 is 2.00 bits per heavy atom. The number of para-hydroxylation sites is 1. The van der Waals surface area contributed by atoms with Crippen LogP contribution in [0, 0.1) is 11.8 Å². The third kappa shape index (κ3) is 3.32. The number of aromatic nitrogens is 1. The molecule has 0 N–H and O–H groups in total. The molecule has 2 heterocycles. The van der Waals surface area contributed by atoms with Gasteiger partial charge in [0.15, 0.2) is 0 Å². The van der Waals surface area contributed by atoms with E-state index in [-0.39, 0.29) is 5.91 Å². The van der Waals surface area contributed by atoms with Gasteiger partial charge in [-0.1, -0.05) is 26.0 Å². The molecular formula is C17H20N2OS. The van der Waals surface area contributed by atoms with Crippen molar-refractivity contribution in [3.05, 3.63) is 35.3 Å². The van der Waals surface area contributed by atoms with Gasteiger partial charge in [-0.05, 0) is 36.5 Å². The van der Waals surface area contributed by atoms with Crippen LogP contribution in [0.1, 0.15) is 25.3 Å². The zero-order valence-electron chi connectivity index (χ0n) is 12.5. The van der Waals surface area contributed by atoms with Crippen LogP contribution in [0.5, 0.6) is 0 Å². The number of likely N-dealkylation sites (tertiary alicyclic amines) is 1. The minimum atomic E-state index is 0.104. The molecule has 1 fully saturated rings. The monoisotopic (exact) mass is 300 g/mol. The van der Waals surface area contributed by atoms with E-state index >= 15 is 0 Å². The SMILES string of the molecule is CC1CC(C)CN(C(=O)/C=C/c2nc3ccccc3s2)C1. The Labute approximate surface area is 129 Å². The summed E-state index contributed by atoms with van der Waals surface area (Å²) in [4.78, 5) is 18.8. The molecular weight excluding hydrogens is 280 g/mol. The number of carbonyl (C=O) groups excluding carboxylic acids is 1. The van der Waals surface area contributed by atoms with Crippen LogP contribution in [0.3, 0.4) is 0 Å². The topological polar surface area (TPSA) is 33.2 Å². The number of hydrogen-bond acceptors (Lipinski definition) is 3. The predicted octanol–water partition coefficient (Wildman–Crippen LogP) is 3.81. The molecule has 1 aliphatic heterocycles. The molecule has 1 aromatic heterocycles. The molecule has 0 saturated carbocycles. The lowest BCUT2D eigenvalue weighted by Gasteiger charge is -2.34. The smallest absolute Gasteiger partial charge is 0.246 e. The molecule has 0 radical (unpaired) electrons. The second kappa shape index (κ2) is 5.98. The van der Waals surface area contributed by atoms with Crippen LogP contribution in [-0.2, 0) is 4.79 Å². The highest BCUT2D eigenvalue weighted by Gasteiger charge is 2.23. The largest absolute Gasteiger partial charge is 0.339 e. The maximum Gasteiger partial charge on any atom is 0.246 e. The summed E-state index contributed by atoms with van der Waals surface area (Å²) < 4.78 is 1.16.